The predicted octanol–water partition coefficient (Wildman–Crippen LogP) is 2.47. The molecule has 8 heteroatoms. The Morgan fingerprint density at radius 2 is 1.88 bits per heavy atom. The van der Waals surface area contributed by atoms with Gasteiger partial charge in [-0.1, -0.05) is 13.8 Å². The topological polar surface area (TPSA) is 71.9 Å². The first-order chi connectivity index (χ1) is 15.8. The van der Waals surface area contributed by atoms with Crippen LogP contribution in [0.25, 0.3) is 0 Å². The van der Waals surface area contributed by atoms with Crippen molar-refractivity contribution < 1.29 is 14.3 Å². The zero-order chi connectivity index (χ0) is 24.0. The Bertz CT molecular complexity index is 762. The molecule has 33 heavy (non-hydrogen) atoms. The minimum atomic E-state index is 0.0217. The average molecular weight is 464 g/mol. The molecular formula is C25H45N5O3. The second-order valence-electron chi connectivity index (χ2n) is 10.4. The highest BCUT2D eigenvalue weighted by molar-refractivity contribution is 5.78. The van der Waals surface area contributed by atoms with Crippen LogP contribution in [-0.4, -0.2) is 86.7 Å². The highest BCUT2D eigenvalue weighted by Crippen LogP contribution is 2.45. The molecule has 2 heterocycles. The van der Waals surface area contributed by atoms with Crippen molar-refractivity contribution in [3.8, 4) is 0 Å². The van der Waals surface area contributed by atoms with E-state index in [4.69, 9.17) is 14.6 Å². The van der Waals surface area contributed by atoms with E-state index < -0.39 is 0 Å². The van der Waals surface area contributed by atoms with Crippen LogP contribution >= 0.6 is 0 Å². The fourth-order valence-corrected chi connectivity index (χ4v) is 5.63. The Hall–Kier alpha value is -1.48. The smallest absolute Gasteiger partial charge is 0.225 e. The molecule has 0 aromatic carbocycles. The summed E-state index contributed by atoms with van der Waals surface area (Å²) >= 11 is 0. The number of rotatable bonds is 11. The lowest BCUT2D eigenvalue weighted by atomic mass is 9.69. The third kappa shape index (κ3) is 6.15. The molecule has 1 amide bonds. The number of fused-ring (bicyclic) bond motifs is 1. The lowest BCUT2D eigenvalue weighted by molar-refractivity contribution is -0.136. The van der Waals surface area contributed by atoms with Gasteiger partial charge in [-0.3, -0.25) is 14.4 Å². The van der Waals surface area contributed by atoms with Gasteiger partial charge in [0.2, 0.25) is 5.91 Å². The third-order valence-electron chi connectivity index (χ3n) is 7.42. The largest absolute Gasteiger partial charge is 0.384 e. The molecule has 188 valence electrons. The van der Waals surface area contributed by atoms with E-state index in [9.17, 15) is 4.79 Å². The fraction of sp³-hybridized carbons (Fsp3) is 0.840. The van der Waals surface area contributed by atoms with Crippen LogP contribution in [0.1, 0.15) is 62.4 Å². The highest BCUT2D eigenvalue weighted by Gasteiger charge is 2.39. The molecule has 0 unspecified atom stereocenters. The summed E-state index contributed by atoms with van der Waals surface area (Å²) in [5.74, 6) is 0.731. The van der Waals surface area contributed by atoms with Crippen LogP contribution in [0.5, 0.6) is 0 Å². The molecule has 1 aromatic rings. The van der Waals surface area contributed by atoms with Crippen molar-refractivity contribution in [1.29, 1.82) is 0 Å². The zero-order valence-electron chi connectivity index (χ0n) is 21.7. The highest BCUT2D eigenvalue weighted by atomic mass is 16.5. The van der Waals surface area contributed by atoms with Crippen LogP contribution in [-0.2, 0) is 33.9 Å². The van der Waals surface area contributed by atoms with Crippen molar-refractivity contribution in [2.24, 2.45) is 11.3 Å². The summed E-state index contributed by atoms with van der Waals surface area (Å²) in [5, 5.41) is 8.33. The maximum Gasteiger partial charge on any atom is 0.225 e. The molecule has 8 nitrogen and oxygen atoms in total. The van der Waals surface area contributed by atoms with E-state index in [-0.39, 0.29) is 17.2 Å². The Morgan fingerprint density at radius 3 is 2.45 bits per heavy atom. The van der Waals surface area contributed by atoms with Crippen molar-refractivity contribution in [3.05, 3.63) is 17.0 Å². The lowest BCUT2D eigenvalue weighted by Gasteiger charge is -2.40. The average Bonchev–Trinajstić information content (AvgIpc) is 3.14. The molecule has 1 aliphatic heterocycles. The van der Waals surface area contributed by atoms with Gasteiger partial charge in [0.15, 0.2) is 0 Å². The monoisotopic (exact) mass is 463 g/mol. The first-order valence-electron chi connectivity index (χ1n) is 12.5. The molecular weight excluding hydrogens is 418 g/mol. The molecule has 1 aromatic heterocycles. The molecule has 1 saturated carbocycles. The van der Waals surface area contributed by atoms with Gasteiger partial charge in [-0.15, -0.1) is 0 Å². The van der Waals surface area contributed by atoms with Gasteiger partial charge >= 0.3 is 0 Å². The normalized spacial score (nSPS) is 18.8. The summed E-state index contributed by atoms with van der Waals surface area (Å²) in [6.45, 7) is 10.5. The minimum Gasteiger partial charge on any atom is -0.384 e. The summed E-state index contributed by atoms with van der Waals surface area (Å²) in [6.07, 6.45) is 4.40. The van der Waals surface area contributed by atoms with E-state index >= 15 is 0 Å². The lowest BCUT2D eigenvalue weighted by Crippen LogP contribution is -2.41. The zero-order valence-corrected chi connectivity index (χ0v) is 21.7. The summed E-state index contributed by atoms with van der Waals surface area (Å²) in [7, 11) is 7.73. The number of aromatic nitrogens is 2. The van der Waals surface area contributed by atoms with E-state index in [1.54, 1.807) is 14.2 Å². The third-order valence-corrected chi connectivity index (χ3v) is 7.42. The number of likely N-dealkylation sites (N-methyl/N-ethyl adjacent to an activating group) is 2. The van der Waals surface area contributed by atoms with Crippen molar-refractivity contribution in [1.82, 2.24) is 24.9 Å². The van der Waals surface area contributed by atoms with Gasteiger partial charge in [-0.05, 0) is 45.7 Å². The number of ether oxygens (including phenoxy) is 2. The SMILES string of the molecule is CNCCN(C)Cc1nn2c(c1C1CCC(COC)(COC)CC1)CN(C(=O)C(C)C)CC2. The Balaban J connectivity index is 1.87. The summed E-state index contributed by atoms with van der Waals surface area (Å²) in [5.41, 5.74) is 3.95. The van der Waals surface area contributed by atoms with Gasteiger partial charge in [0.1, 0.15) is 0 Å². The van der Waals surface area contributed by atoms with E-state index in [1.165, 1.54) is 17.0 Å². The number of nitrogens with zero attached hydrogens (tertiary/aromatic N) is 4. The standard InChI is InChI=1S/C25H45N5O3/c1-19(2)24(31)29-13-14-30-22(16-29)23(21(27-30)15-28(4)12-11-26-3)20-7-9-25(10-8-20,17-32-5)18-33-6/h19-20,26H,7-18H2,1-6H3. The number of nitrogens with one attached hydrogen (secondary N) is 1. The first-order valence-corrected chi connectivity index (χ1v) is 12.5. The number of amides is 1. The van der Waals surface area contributed by atoms with Crippen LogP contribution in [0, 0.1) is 11.3 Å². The van der Waals surface area contributed by atoms with Gasteiger partial charge in [0, 0.05) is 57.3 Å². The molecule has 0 atom stereocenters. The minimum absolute atomic E-state index is 0.0217. The molecule has 1 N–H and O–H groups in total. The molecule has 0 saturated heterocycles. The Kier molecular flexibility index (Phi) is 9.33. The second-order valence-corrected chi connectivity index (χ2v) is 10.4. The van der Waals surface area contributed by atoms with Gasteiger partial charge in [-0.2, -0.15) is 5.10 Å². The van der Waals surface area contributed by atoms with Crippen molar-refractivity contribution >= 4 is 5.91 Å². The molecule has 3 rings (SSSR count). The molecule has 0 radical (unpaired) electrons. The van der Waals surface area contributed by atoms with E-state index in [0.717, 1.165) is 71.6 Å². The number of carbonyl (C=O) groups is 1. The van der Waals surface area contributed by atoms with Crippen molar-refractivity contribution in [2.75, 3.05) is 61.2 Å². The maximum absolute atomic E-state index is 12.8. The van der Waals surface area contributed by atoms with Crippen LogP contribution in [0.2, 0.25) is 0 Å². The molecule has 1 aliphatic carbocycles. The van der Waals surface area contributed by atoms with Crippen LogP contribution in [0.3, 0.4) is 0 Å². The molecule has 2 aliphatic rings. The van der Waals surface area contributed by atoms with E-state index in [2.05, 4.69) is 21.9 Å². The molecule has 0 spiro atoms. The number of hydrogen-bond donors (Lipinski definition) is 1. The number of carbonyl (C=O) groups excluding carboxylic acids is 1. The number of hydrogen-bond acceptors (Lipinski definition) is 6. The van der Waals surface area contributed by atoms with Crippen molar-refractivity contribution in [3.63, 3.8) is 0 Å². The summed E-state index contributed by atoms with van der Waals surface area (Å²) < 4.78 is 13.3. The summed E-state index contributed by atoms with van der Waals surface area (Å²) in [4.78, 5) is 17.2. The van der Waals surface area contributed by atoms with Crippen LogP contribution in [0.4, 0.5) is 0 Å². The van der Waals surface area contributed by atoms with Crippen molar-refractivity contribution in [2.45, 2.75) is 65.1 Å². The van der Waals surface area contributed by atoms with Gasteiger partial charge < -0.3 is 19.7 Å². The van der Waals surface area contributed by atoms with E-state index in [1.807, 2.05) is 25.8 Å². The number of methoxy groups -OCH3 is 2. The Morgan fingerprint density at radius 1 is 1.21 bits per heavy atom. The molecule has 1 fully saturated rings. The maximum atomic E-state index is 12.8. The first kappa shape index (κ1) is 26.1. The Labute approximate surface area is 200 Å². The fourth-order valence-electron chi connectivity index (χ4n) is 5.63. The molecule has 0 bridgehead atoms. The second kappa shape index (κ2) is 11.8. The van der Waals surface area contributed by atoms with Gasteiger partial charge in [0.05, 0.1) is 37.7 Å². The van der Waals surface area contributed by atoms with Crippen LogP contribution < -0.4 is 5.32 Å². The summed E-state index contributed by atoms with van der Waals surface area (Å²) in [6, 6.07) is 0. The predicted molar refractivity (Wildman–Crippen MR) is 130 cm³/mol. The van der Waals surface area contributed by atoms with Crippen LogP contribution in [0.15, 0.2) is 0 Å². The quantitative estimate of drug-likeness (QED) is 0.544. The van der Waals surface area contributed by atoms with Gasteiger partial charge in [0.25, 0.3) is 0 Å². The van der Waals surface area contributed by atoms with E-state index in [0.29, 0.717) is 12.5 Å². The van der Waals surface area contributed by atoms with Gasteiger partial charge in [-0.25, -0.2) is 0 Å².